The minimum Gasteiger partial charge on any atom is -0.457 e. The Morgan fingerprint density at radius 2 is 1.50 bits per heavy atom. The van der Waals surface area contributed by atoms with Crippen LogP contribution in [0.5, 0.6) is 0 Å². The molecule has 9 heteroatoms. The first kappa shape index (κ1) is 32.7. The van der Waals surface area contributed by atoms with Gasteiger partial charge in [-0.1, -0.05) is 81.9 Å². The van der Waals surface area contributed by atoms with Crippen molar-refractivity contribution in [2.24, 2.45) is 5.73 Å². The second kappa shape index (κ2) is 23.5. The molecule has 0 amide bonds. The zero-order chi connectivity index (χ0) is 25.3. The maximum Gasteiger partial charge on any atom is 0.472 e. The lowest BCUT2D eigenvalue weighted by atomic mass is 10.1. The normalized spacial score (nSPS) is 14.8. The van der Waals surface area contributed by atoms with Gasteiger partial charge in [-0.3, -0.25) is 13.8 Å². The Morgan fingerprint density at radius 1 is 0.912 bits per heavy atom. The molecule has 0 saturated carbocycles. The van der Waals surface area contributed by atoms with Crippen LogP contribution >= 0.6 is 7.82 Å². The topological polar surface area (TPSA) is 128 Å². The van der Waals surface area contributed by atoms with Gasteiger partial charge >= 0.3 is 13.8 Å². The zero-order valence-electron chi connectivity index (χ0n) is 20.8. The van der Waals surface area contributed by atoms with Gasteiger partial charge in [-0.25, -0.2) is 4.57 Å². The predicted molar refractivity (Wildman–Crippen MR) is 136 cm³/mol. The van der Waals surface area contributed by atoms with Gasteiger partial charge in [0.05, 0.1) is 19.8 Å². The third-order valence-corrected chi connectivity index (χ3v) is 5.82. The third kappa shape index (κ3) is 22.5. The molecule has 0 aromatic carbocycles. The van der Waals surface area contributed by atoms with Gasteiger partial charge in [-0.2, -0.15) is 0 Å². The summed E-state index contributed by atoms with van der Waals surface area (Å²) in [6, 6.07) is 0. The van der Waals surface area contributed by atoms with Gasteiger partial charge in [-0.15, -0.1) is 0 Å². The Kier molecular flexibility index (Phi) is 22.6. The Morgan fingerprint density at radius 3 is 2.12 bits per heavy atom. The number of aliphatic hydroxyl groups is 1. The molecule has 0 fully saturated rings. The van der Waals surface area contributed by atoms with Gasteiger partial charge in [-0.05, 0) is 32.1 Å². The van der Waals surface area contributed by atoms with E-state index in [0.717, 1.165) is 19.3 Å². The fraction of sp³-hybridized carbons (Fsp3) is 0.720. The fourth-order valence-corrected chi connectivity index (χ4v) is 3.72. The van der Waals surface area contributed by atoms with Crippen molar-refractivity contribution in [2.45, 2.75) is 90.1 Å². The highest BCUT2D eigenvalue weighted by Gasteiger charge is 2.24. The lowest BCUT2D eigenvalue weighted by molar-refractivity contribution is -0.153. The number of aliphatic hydroxyl groups excluding tert-OH is 1. The van der Waals surface area contributed by atoms with Crippen LogP contribution in [0.2, 0.25) is 0 Å². The van der Waals surface area contributed by atoms with Crippen molar-refractivity contribution in [1.29, 1.82) is 0 Å². The van der Waals surface area contributed by atoms with E-state index in [0.29, 0.717) is 6.42 Å². The van der Waals surface area contributed by atoms with E-state index < -0.39 is 33.1 Å². The number of phosphoric ester groups is 1. The molecule has 0 spiro atoms. The predicted octanol–water partition coefficient (Wildman–Crippen LogP) is 5.35. The molecule has 0 saturated heterocycles. The molecule has 0 radical (unpaired) electrons. The molecule has 0 aromatic heterocycles. The van der Waals surface area contributed by atoms with Gasteiger partial charge in [0.25, 0.3) is 0 Å². The number of rotatable bonds is 23. The maximum absolute atomic E-state index is 11.8. The van der Waals surface area contributed by atoms with Crippen molar-refractivity contribution in [3.05, 3.63) is 36.5 Å². The number of esters is 1. The van der Waals surface area contributed by atoms with Crippen LogP contribution in [0.1, 0.15) is 84.0 Å². The smallest absolute Gasteiger partial charge is 0.457 e. The van der Waals surface area contributed by atoms with E-state index in [1.54, 1.807) is 0 Å². The summed E-state index contributed by atoms with van der Waals surface area (Å²) in [4.78, 5) is 21.3. The number of carbonyl (C=O) groups is 1. The molecule has 4 N–H and O–H groups in total. The third-order valence-electron chi connectivity index (χ3n) is 4.83. The Bertz CT molecular complexity index is 622. The zero-order valence-corrected chi connectivity index (χ0v) is 21.7. The molecule has 0 bridgehead atoms. The number of ether oxygens (including phenoxy) is 1. The highest BCUT2D eigenvalue weighted by atomic mass is 31.2. The Balaban J connectivity index is 3.78. The minimum atomic E-state index is -4.28. The van der Waals surface area contributed by atoms with E-state index in [2.05, 4.69) is 35.8 Å². The van der Waals surface area contributed by atoms with E-state index in [9.17, 15) is 19.4 Å². The Labute approximate surface area is 205 Å². The van der Waals surface area contributed by atoms with Gasteiger partial charge in [0, 0.05) is 13.0 Å². The largest absolute Gasteiger partial charge is 0.472 e. The van der Waals surface area contributed by atoms with Crippen molar-refractivity contribution < 1.29 is 33.1 Å². The van der Waals surface area contributed by atoms with Crippen LogP contribution in [0.15, 0.2) is 36.5 Å². The lowest BCUT2D eigenvalue weighted by Gasteiger charge is -2.17. The molecule has 0 aliphatic rings. The summed E-state index contributed by atoms with van der Waals surface area (Å²) in [7, 11) is -4.28. The number of unbranched alkanes of at least 4 members (excludes halogenated alkanes) is 7. The molecule has 0 aliphatic carbocycles. The number of phosphoric acid groups is 1. The minimum absolute atomic E-state index is 0.0615. The molecule has 0 aromatic rings. The summed E-state index contributed by atoms with van der Waals surface area (Å²) in [5, 5.41) is 9.25. The maximum atomic E-state index is 11.8. The van der Waals surface area contributed by atoms with Crippen LogP contribution in [0.3, 0.4) is 0 Å². The fourth-order valence-electron chi connectivity index (χ4n) is 2.95. The SMILES string of the molecule is CCCCCCCCCC=CCC=CCC=CCCC(=O)OC(CO)COP(=O)(O)OCCN. The second-order valence-corrected chi connectivity index (χ2v) is 9.47. The van der Waals surface area contributed by atoms with Crippen LogP contribution < -0.4 is 5.73 Å². The second-order valence-electron chi connectivity index (χ2n) is 8.01. The van der Waals surface area contributed by atoms with Crippen LogP contribution in [0, 0.1) is 0 Å². The van der Waals surface area contributed by atoms with Crippen molar-refractivity contribution >= 4 is 13.8 Å². The van der Waals surface area contributed by atoms with Crippen molar-refractivity contribution in [2.75, 3.05) is 26.4 Å². The molecule has 8 nitrogen and oxygen atoms in total. The molecule has 34 heavy (non-hydrogen) atoms. The number of carbonyl (C=O) groups excluding carboxylic acids is 1. The van der Waals surface area contributed by atoms with E-state index in [1.807, 2.05) is 12.2 Å². The summed E-state index contributed by atoms with van der Waals surface area (Å²) in [5.41, 5.74) is 5.19. The average molecular weight is 504 g/mol. The molecule has 0 heterocycles. The lowest BCUT2D eigenvalue weighted by Crippen LogP contribution is -2.27. The van der Waals surface area contributed by atoms with Crippen LogP contribution in [0.4, 0.5) is 0 Å². The summed E-state index contributed by atoms with van der Waals surface area (Å²) < 4.78 is 25.8. The van der Waals surface area contributed by atoms with Crippen LogP contribution in [-0.4, -0.2) is 48.4 Å². The first-order valence-electron chi connectivity index (χ1n) is 12.5. The summed E-state index contributed by atoms with van der Waals surface area (Å²) >= 11 is 0. The van der Waals surface area contributed by atoms with Gasteiger partial charge in [0.2, 0.25) is 0 Å². The molecule has 2 atom stereocenters. The van der Waals surface area contributed by atoms with Crippen molar-refractivity contribution in [3.63, 3.8) is 0 Å². The van der Waals surface area contributed by atoms with Gasteiger partial charge < -0.3 is 20.5 Å². The average Bonchev–Trinajstić information content (AvgIpc) is 2.82. The quantitative estimate of drug-likeness (QED) is 0.0736. The molecular formula is C25H46NO7P. The van der Waals surface area contributed by atoms with Crippen LogP contribution in [-0.2, 0) is 23.1 Å². The molecule has 0 aliphatic heterocycles. The standard InChI is InChI=1S/C25H46NO7P/c1-2-3-4-5-6-7-8-9-10-11-12-13-14-15-16-17-18-19-25(28)33-24(22-27)23-32-34(29,30)31-21-20-26/h10-11,13-14,16-17,24,27H,2-9,12,15,18-23,26H2,1H3,(H,29,30). The Hall–Kier alpha value is -1.28. The number of hydrogen-bond acceptors (Lipinski definition) is 7. The molecular weight excluding hydrogens is 457 g/mol. The van der Waals surface area contributed by atoms with Gasteiger partial charge in [0.15, 0.2) is 0 Å². The number of nitrogens with two attached hydrogens (primary N) is 1. The van der Waals surface area contributed by atoms with Crippen molar-refractivity contribution in [1.82, 2.24) is 0 Å². The van der Waals surface area contributed by atoms with Crippen molar-refractivity contribution in [3.8, 4) is 0 Å². The highest BCUT2D eigenvalue weighted by molar-refractivity contribution is 7.47. The van der Waals surface area contributed by atoms with Crippen LogP contribution in [0.25, 0.3) is 0 Å². The first-order valence-corrected chi connectivity index (χ1v) is 14.0. The van der Waals surface area contributed by atoms with E-state index >= 15 is 0 Å². The molecule has 0 rings (SSSR count). The van der Waals surface area contributed by atoms with E-state index in [-0.39, 0.29) is 19.6 Å². The van der Waals surface area contributed by atoms with Gasteiger partial charge in [0.1, 0.15) is 6.10 Å². The number of allylic oxidation sites excluding steroid dienone is 6. The molecule has 2 unspecified atom stereocenters. The molecule has 198 valence electrons. The first-order chi connectivity index (χ1) is 16.4. The highest BCUT2D eigenvalue weighted by Crippen LogP contribution is 2.42. The monoisotopic (exact) mass is 503 g/mol. The van der Waals surface area contributed by atoms with E-state index in [4.69, 9.17) is 15.0 Å². The summed E-state index contributed by atoms with van der Waals surface area (Å²) in [6.45, 7) is 1.18. The summed E-state index contributed by atoms with van der Waals surface area (Å²) in [6.07, 6.45) is 24.4. The number of hydrogen-bond donors (Lipinski definition) is 3. The van der Waals surface area contributed by atoms with E-state index in [1.165, 1.54) is 44.9 Å². The summed E-state index contributed by atoms with van der Waals surface area (Å²) in [5.74, 6) is -0.524.